The Balaban J connectivity index is 1.50. The number of sulfone groups is 1. The maximum Gasteiger partial charge on any atom is 0.273 e. The van der Waals surface area contributed by atoms with Gasteiger partial charge >= 0.3 is 0 Å². The lowest BCUT2D eigenvalue weighted by Gasteiger charge is -2.31. The summed E-state index contributed by atoms with van der Waals surface area (Å²) in [4.78, 5) is 25.6. The van der Waals surface area contributed by atoms with Crippen LogP contribution < -0.4 is 10.6 Å². The van der Waals surface area contributed by atoms with Crippen LogP contribution in [0.15, 0.2) is 34.9 Å². The summed E-state index contributed by atoms with van der Waals surface area (Å²) in [5.74, 6) is 0.693. The van der Waals surface area contributed by atoms with E-state index in [9.17, 15) is 18.0 Å². The lowest BCUT2D eigenvalue weighted by atomic mass is 9.80. The number of nitrogens with one attached hydrogen (secondary N) is 2. The highest BCUT2D eigenvalue weighted by molar-refractivity contribution is 7.90. The zero-order chi connectivity index (χ0) is 23.4. The summed E-state index contributed by atoms with van der Waals surface area (Å²) in [7, 11) is -3.15. The molecule has 2 amide bonds. The van der Waals surface area contributed by atoms with E-state index in [1.54, 1.807) is 24.3 Å². The van der Waals surface area contributed by atoms with Crippen molar-refractivity contribution in [1.82, 2.24) is 15.8 Å². The van der Waals surface area contributed by atoms with Gasteiger partial charge in [-0.1, -0.05) is 36.6 Å². The molecule has 2 aromatic rings. The number of hydrogen-bond acceptors (Lipinski definition) is 6. The molecule has 0 spiro atoms. The van der Waals surface area contributed by atoms with Crippen molar-refractivity contribution >= 4 is 21.7 Å². The highest BCUT2D eigenvalue weighted by atomic mass is 32.2. The van der Waals surface area contributed by atoms with Crippen molar-refractivity contribution in [3.63, 3.8) is 0 Å². The number of amides is 2. The Morgan fingerprint density at radius 1 is 1.09 bits per heavy atom. The van der Waals surface area contributed by atoms with E-state index in [0.29, 0.717) is 11.5 Å². The Bertz CT molecular complexity index is 1100. The molecule has 2 aliphatic rings. The maximum absolute atomic E-state index is 13.0. The Morgan fingerprint density at radius 2 is 1.85 bits per heavy atom. The monoisotopic (exact) mass is 473 g/mol. The van der Waals surface area contributed by atoms with Crippen LogP contribution in [0.1, 0.15) is 89.1 Å². The largest absolute Gasteiger partial charge is 0.360 e. The van der Waals surface area contributed by atoms with Crippen molar-refractivity contribution in [1.29, 1.82) is 0 Å². The molecule has 1 aromatic carbocycles. The summed E-state index contributed by atoms with van der Waals surface area (Å²) in [6.07, 6.45) is 8.69. The van der Waals surface area contributed by atoms with E-state index in [2.05, 4.69) is 15.8 Å². The first-order chi connectivity index (χ1) is 15.8. The highest BCUT2D eigenvalue weighted by Gasteiger charge is 2.31. The number of benzene rings is 1. The van der Waals surface area contributed by atoms with Crippen LogP contribution in [-0.4, -0.2) is 43.9 Å². The second-order valence-electron chi connectivity index (χ2n) is 9.25. The summed E-state index contributed by atoms with van der Waals surface area (Å²) < 4.78 is 28.0. The zero-order valence-corrected chi connectivity index (χ0v) is 19.7. The molecule has 9 heteroatoms. The van der Waals surface area contributed by atoms with E-state index in [1.165, 1.54) is 6.42 Å². The topological polar surface area (TPSA) is 118 Å². The Hall–Kier alpha value is -2.68. The quantitative estimate of drug-likeness (QED) is 0.576. The Kier molecular flexibility index (Phi) is 7.17. The molecule has 0 bridgehead atoms. The van der Waals surface area contributed by atoms with Crippen LogP contribution in [0, 0.1) is 5.92 Å². The van der Waals surface area contributed by atoms with Gasteiger partial charge in [-0.25, -0.2) is 8.42 Å². The molecule has 0 radical (unpaired) electrons. The molecule has 1 aromatic heterocycles. The fourth-order valence-electron chi connectivity index (χ4n) is 4.44. The lowest BCUT2D eigenvalue weighted by Crippen LogP contribution is -2.35. The summed E-state index contributed by atoms with van der Waals surface area (Å²) in [6, 6.07) is 8.68. The second-order valence-corrected chi connectivity index (χ2v) is 11.5. The molecule has 2 fully saturated rings. The molecule has 1 atom stereocenters. The molecule has 8 nitrogen and oxygen atoms in total. The van der Waals surface area contributed by atoms with Crippen LogP contribution in [0.3, 0.4) is 0 Å². The van der Waals surface area contributed by atoms with Crippen molar-refractivity contribution in [2.45, 2.75) is 56.9 Å². The Morgan fingerprint density at radius 3 is 2.55 bits per heavy atom. The molecule has 0 aliphatic heterocycles. The first-order valence-electron chi connectivity index (χ1n) is 11.6. The van der Waals surface area contributed by atoms with Gasteiger partial charge in [0.1, 0.15) is 15.6 Å². The van der Waals surface area contributed by atoms with E-state index >= 15 is 0 Å². The standard InChI is InChI=1S/C24H31N3O5S/c1-33(30,31)13-12-25-23(28)19-9-5-8-18(14-19)22(17-6-3-2-4-7-17)26-24(29)20-15-21(32-27-20)16-10-11-16/h5,8-9,14-17,22H,2-4,6-7,10-13H2,1H3,(H,25,28)(H,26,29). The lowest BCUT2D eigenvalue weighted by molar-refractivity contribution is 0.0903. The van der Waals surface area contributed by atoms with Gasteiger partial charge in [0.15, 0.2) is 5.69 Å². The van der Waals surface area contributed by atoms with Gasteiger partial charge in [0.25, 0.3) is 11.8 Å². The van der Waals surface area contributed by atoms with Crippen LogP contribution in [0.2, 0.25) is 0 Å². The first kappa shape index (κ1) is 23.5. The predicted octanol–water partition coefficient (Wildman–Crippen LogP) is 3.38. The molecule has 0 saturated heterocycles. The van der Waals surface area contributed by atoms with Gasteiger partial charge in [-0.2, -0.15) is 0 Å². The van der Waals surface area contributed by atoms with E-state index in [-0.39, 0.29) is 41.8 Å². The number of aromatic nitrogens is 1. The first-order valence-corrected chi connectivity index (χ1v) is 13.7. The molecule has 178 valence electrons. The molecule has 2 saturated carbocycles. The van der Waals surface area contributed by atoms with Crippen LogP contribution in [0.4, 0.5) is 0 Å². The van der Waals surface area contributed by atoms with E-state index in [4.69, 9.17) is 4.52 Å². The number of hydrogen-bond donors (Lipinski definition) is 2. The summed E-state index contributed by atoms with van der Waals surface area (Å²) in [5.41, 5.74) is 1.58. The average Bonchev–Trinajstić information content (AvgIpc) is 3.53. The molecule has 2 N–H and O–H groups in total. The van der Waals surface area contributed by atoms with Gasteiger partial charge in [-0.15, -0.1) is 0 Å². The minimum absolute atomic E-state index is 0.0557. The summed E-state index contributed by atoms with van der Waals surface area (Å²) in [5, 5.41) is 9.78. The van der Waals surface area contributed by atoms with Crippen molar-refractivity contribution in [2.24, 2.45) is 5.92 Å². The minimum atomic E-state index is -3.15. The molecule has 4 rings (SSSR count). The van der Waals surface area contributed by atoms with Gasteiger partial charge in [0, 0.05) is 30.3 Å². The molecule has 33 heavy (non-hydrogen) atoms. The van der Waals surface area contributed by atoms with Crippen molar-refractivity contribution < 1.29 is 22.5 Å². The SMILES string of the molecule is CS(=O)(=O)CCNC(=O)c1cccc(C(NC(=O)c2cc(C3CC3)on2)C2CCCCC2)c1. The van der Waals surface area contributed by atoms with E-state index < -0.39 is 9.84 Å². The van der Waals surface area contributed by atoms with Gasteiger partial charge in [0.2, 0.25) is 0 Å². The van der Waals surface area contributed by atoms with E-state index in [1.807, 2.05) is 6.07 Å². The van der Waals surface area contributed by atoms with Gasteiger partial charge in [-0.05, 0) is 49.3 Å². The summed E-state index contributed by atoms with van der Waals surface area (Å²) >= 11 is 0. The highest BCUT2D eigenvalue weighted by Crippen LogP contribution is 2.40. The van der Waals surface area contributed by atoms with Crippen LogP contribution in [0.25, 0.3) is 0 Å². The normalized spacial score (nSPS) is 18.0. The molecule has 2 aliphatic carbocycles. The van der Waals surface area contributed by atoms with Crippen LogP contribution >= 0.6 is 0 Å². The van der Waals surface area contributed by atoms with Crippen LogP contribution in [0.5, 0.6) is 0 Å². The fourth-order valence-corrected chi connectivity index (χ4v) is 4.91. The molecule has 1 heterocycles. The number of carbonyl (C=O) groups is 2. The second kappa shape index (κ2) is 10.1. The predicted molar refractivity (Wildman–Crippen MR) is 124 cm³/mol. The third kappa shape index (κ3) is 6.43. The zero-order valence-electron chi connectivity index (χ0n) is 18.9. The van der Waals surface area contributed by atoms with Gasteiger partial charge < -0.3 is 15.2 Å². The fraction of sp³-hybridized carbons (Fsp3) is 0.542. The third-order valence-electron chi connectivity index (χ3n) is 6.41. The molecule has 1 unspecified atom stereocenters. The number of rotatable bonds is 9. The minimum Gasteiger partial charge on any atom is -0.360 e. The van der Waals surface area contributed by atoms with Crippen molar-refractivity contribution in [3.8, 4) is 0 Å². The van der Waals surface area contributed by atoms with Gasteiger partial charge in [0.05, 0.1) is 11.8 Å². The number of nitrogens with zero attached hydrogens (tertiary/aromatic N) is 1. The summed E-state index contributed by atoms with van der Waals surface area (Å²) in [6.45, 7) is 0.0557. The van der Waals surface area contributed by atoms with Crippen LogP contribution in [-0.2, 0) is 9.84 Å². The van der Waals surface area contributed by atoms with Gasteiger partial charge in [-0.3, -0.25) is 9.59 Å². The Labute approximate surface area is 194 Å². The molecular weight excluding hydrogens is 442 g/mol. The third-order valence-corrected chi connectivity index (χ3v) is 7.36. The number of carbonyl (C=O) groups excluding carboxylic acids is 2. The van der Waals surface area contributed by atoms with E-state index in [0.717, 1.165) is 56.1 Å². The average molecular weight is 474 g/mol. The van der Waals surface area contributed by atoms with Crippen molar-refractivity contribution in [3.05, 3.63) is 52.9 Å². The smallest absolute Gasteiger partial charge is 0.273 e. The van der Waals surface area contributed by atoms with Crippen molar-refractivity contribution in [2.75, 3.05) is 18.6 Å². The molecular formula is C24H31N3O5S. The maximum atomic E-state index is 13.0.